The SMILES string of the molecule is CC(C)[C@@H]1CCCC[C@H]1OCc1ccccc1. The molecule has 0 radical (unpaired) electrons. The molecule has 0 amide bonds. The lowest BCUT2D eigenvalue weighted by molar-refractivity contribution is -0.0353. The molecular weight excluding hydrogens is 208 g/mol. The summed E-state index contributed by atoms with van der Waals surface area (Å²) in [5.41, 5.74) is 1.29. The first-order chi connectivity index (χ1) is 8.27. The number of hydrogen-bond acceptors (Lipinski definition) is 1. The van der Waals surface area contributed by atoms with E-state index in [4.69, 9.17) is 4.74 Å². The molecule has 2 rings (SSSR count). The summed E-state index contributed by atoms with van der Waals surface area (Å²) in [7, 11) is 0. The molecule has 0 N–H and O–H groups in total. The molecule has 94 valence electrons. The molecule has 1 heteroatoms. The molecule has 1 nitrogen and oxygen atoms in total. The second kappa shape index (κ2) is 6.20. The summed E-state index contributed by atoms with van der Waals surface area (Å²) in [6.07, 6.45) is 5.78. The van der Waals surface area contributed by atoms with Gasteiger partial charge >= 0.3 is 0 Å². The number of hydrogen-bond donors (Lipinski definition) is 0. The van der Waals surface area contributed by atoms with E-state index in [1.807, 2.05) is 0 Å². The van der Waals surface area contributed by atoms with Crippen LogP contribution in [-0.4, -0.2) is 6.10 Å². The van der Waals surface area contributed by atoms with Crippen molar-refractivity contribution in [2.24, 2.45) is 11.8 Å². The Balaban J connectivity index is 1.88. The fourth-order valence-electron chi connectivity index (χ4n) is 2.87. The van der Waals surface area contributed by atoms with Crippen LogP contribution < -0.4 is 0 Å². The molecular formula is C16H24O. The van der Waals surface area contributed by atoms with Crippen LogP contribution >= 0.6 is 0 Å². The number of rotatable bonds is 4. The van der Waals surface area contributed by atoms with Gasteiger partial charge in [-0.3, -0.25) is 0 Å². The highest BCUT2D eigenvalue weighted by Crippen LogP contribution is 2.32. The highest BCUT2D eigenvalue weighted by Gasteiger charge is 2.27. The molecule has 1 aliphatic rings. The van der Waals surface area contributed by atoms with Crippen molar-refractivity contribution in [1.29, 1.82) is 0 Å². The Bertz CT molecular complexity index is 318. The predicted octanol–water partition coefficient (Wildman–Crippen LogP) is 4.42. The van der Waals surface area contributed by atoms with Gasteiger partial charge in [0, 0.05) is 0 Å². The van der Waals surface area contributed by atoms with E-state index in [2.05, 4.69) is 44.2 Å². The lowest BCUT2D eigenvalue weighted by Crippen LogP contribution is -2.31. The Morgan fingerprint density at radius 1 is 1.12 bits per heavy atom. The van der Waals surface area contributed by atoms with E-state index in [0.717, 1.165) is 18.4 Å². The van der Waals surface area contributed by atoms with Crippen LogP contribution in [0.3, 0.4) is 0 Å². The van der Waals surface area contributed by atoms with Crippen LogP contribution in [0.2, 0.25) is 0 Å². The molecule has 0 heterocycles. The largest absolute Gasteiger partial charge is 0.373 e. The minimum Gasteiger partial charge on any atom is -0.373 e. The summed E-state index contributed by atoms with van der Waals surface area (Å²) in [5, 5.41) is 0. The summed E-state index contributed by atoms with van der Waals surface area (Å²) in [5.74, 6) is 1.50. The van der Waals surface area contributed by atoms with Gasteiger partial charge in [0.1, 0.15) is 0 Å². The average molecular weight is 232 g/mol. The van der Waals surface area contributed by atoms with Gasteiger partial charge in [0.2, 0.25) is 0 Å². The first-order valence-electron chi connectivity index (χ1n) is 6.93. The van der Waals surface area contributed by atoms with Crippen LogP contribution in [0.4, 0.5) is 0 Å². The standard InChI is InChI=1S/C16H24O/c1-13(2)15-10-6-7-11-16(15)17-12-14-8-4-3-5-9-14/h3-5,8-9,13,15-16H,6-7,10-12H2,1-2H3/t15-,16+/m0/s1. The van der Waals surface area contributed by atoms with Crippen molar-refractivity contribution in [2.45, 2.75) is 52.2 Å². The monoisotopic (exact) mass is 232 g/mol. The van der Waals surface area contributed by atoms with Crippen LogP contribution in [0.15, 0.2) is 30.3 Å². The van der Waals surface area contributed by atoms with E-state index in [9.17, 15) is 0 Å². The normalized spacial score (nSPS) is 25.1. The molecule has 0 saturated heterocycles. The van der Waals surface area contributed by atoms with E-state index in [0.29, 0.717) is 6.10 Å². The van der Waals surface area contributed by atoms with Crippen molar-refractivity contribution in [3.63, 3.8) is 0 Å². The molecule has 1 aromatic carbocycles. The zero-order valence-corrected chi connectivity index (χ0v) is 11.1. The smallest absolute Gasteiger partial charge is 0.0720 e. The summed E-state index contributed by atoms with van der Waals surface area (Å²) in [6, 6.07) is 10.5. The van der Waals surface area contributed by atoms with Crippen LogP contribution in [-0.2, 0) is 11.3 Å². The van der Waals surface area contributed by atoms with Gasteiger partial charge < -0.3 is 4.74 Å². The molecule has 1 fully saturated rings. The van der Waals surface area contributed by atoms with Crippen molar-refractivity contribution in [1.82, 2.24) is 0 Å². The third-order valence-electron chi connectivity index (χ3n) is 3.92. The van der Waals surface area contributed by atoms with Gasteiger partial charge in [-0.1, -0.05) is 57.0 Å². The van der Waals surface area contributed by atoms with E-state index in [1.54, 1.807) is 0 Å². The Morgan fingerprint density at radius 3 is 2.53 bits per heavy atom. The van der Waals surface area contributed by atoms with Gasteiger partial charge in [-0.25, -0.2) is 0 Å². The minimum atomic E-state index is 0.476. The third-order valence-corrected chi connectivity index (χ3v) is 3.92. The highest BCUT2D eigenvalue weighted by atomic mass is 16.5. The Labute approximate surface area is 105 Å². The first-order valence-corrected chi connectivity index (χ1v) is 6.93. The Morgan fingerprint density at radius 2 is 1.82 bits per heavy atom. The zero-order chi connectivity index (χ0) is 12.1. The number of benzene rings is 1. The molecule has 0 aromatic heterocycles. The fourth-order valence-corrected chi connectivity index (χ4v) is 2.87. The highest BCUT2D eigenvalue weighted by molar-refractivity contribution is 5.13. The van der Waals surface area contributed by atoms with Gasteiger partial charge in [-0.15, -0.1) is 0 Å². The maximum atomic E-state index is 6.14. The van der Waals surface area contributed by atoms with Crippen LogP contribution in [0.5, 0.6) is 0 Å². The van der Waals surface area contributed by atoms with Crippen molar-refractivity contribution >= 4 is 0 Å². The van der Waals surface area contributed by atoms with Crippen molar-refractivity contribution < 1.29 is 4.74 Å². The fraction of sp³-hybridized carbons (Fsp3) is 0.625. The van der Waals surface area contributed by atoms with Gasteiger partial charge in [0.15, 0.2) is 0 Å². The van der Waals surface area contributed by atoms with Crippen molar-refractivity contribution in [3.05, 3.63) is 35.9 Å². The first kappa shape index (κ1) is 12.6. The zero-order valence-electron chi connectivity index (χ0n) is 11.1. The lowest BCUT2D eigenvalue weighted by Gasteiger charge is -2.34. The van der Waals surface area contributed by atoms with Crippen LogP contribution in [0.1, 0.15) is 45.1 Å². The van der Waals surface area contributed by atoms with E-state index in [-0.39, 0.29) is 0 Å². The maximum absolute atomic E-state index is 6.14. The topological polar surface area (TPSA) is 9.23 Å². The van der Waals surface area contributed by atoms with Crippen LogP contribution in [0, 0.1) is 11.8 Å². The Hall–Kier alpha value is -0.820. The number of ether oxygens (including phenoxy) is 1. The Kier molecular flexibility index (Phi) is 4.61. The van der Waals surface area contributed by atoms with Gasteiger partial charge in [0.25, 0.3) is 0 Å². The molecule has 1 aromatic rings. The van der Waals surface area contributed by atoms with Gasteiger partial charge in [0.05, 0.1) is 12.7 Å². The average Bonchev–Trinajstić information content (AvgIpc) is 2.38. The third kappa shape index (κ3) is 3.57. The molecule has 0 spiro atoms. The van der Waals surface area contributed by atoms with Crippen molar-refractivity contribution in [3.8, 4) is 0 Å². The molecule has 0 aliphatic heterocycles. The van der Waals surface area contributed by atoms with Crippen LogP contribution in [0.25, 0.3) is 0 Å². The summed E-state index contributed by atoms with van der Waals surface area (Å²) in [4.78, 5) is 0. The summed E-state index contributed by atoms with van der Waals surface area (Å²) >= 11 is 0. The minimum absolute atomic E-state index is 0.476. The van der Waals surface area contributed by atoms with E-state index >= 15 is 0 Å². The molecule has 0 bridgehead atoms. The lowest BCUT2D eigenvalue weighted by atomic mass is 9.79. The van der Waals surface area contributed by atoms with Gasteiger partial charge in [-0.05, 0) is 30.2 Å². The summed E-state index contributed by atoms with van der Waals surface area (Å²) in [6.45, 7) is 5.43. The van der Waals surface area contributed by atoms with E-state index in [1.165, 1.54) is 31.2 Å². The second-order valence-electron chi connectivity index (χ2n) is 5.53. The molecule has 1 saturated carbocycles. The second-order valence-corrected chi connectivity index (χ2v) is 5.53. The maximum Gasteiger partial charge on any atom is 0.0720 e. The molecule has 0 unspecified atom stereocenters. The summed E-state index contributed by atoms with van der Waals surface area (Å²) < 4.78 is 6.14. The van der Waals surface area contributed by atoms with Gasteiger partial charge in [-0.2, -0.15) is 0 Å². The molecule has 17 heavy (non-hydrogen) atoms. The predicted molar refractivity (Wildman–Crippen MR) is 71.8 cm³/mol. The molecule has 1 aliphatic carbocycles. The van der Waals surface area contributed by atoms with Crippen molar-refractivity contribution in [2.75, 3.05) is 0 Å². The quantitative estimate of drug-likeness (QED) is 0.746. The van der Waals surface area contributed by atoms with E-state index < -0.39 is 0 Å². The molecule has 2 atom stereocenters.